The summed E-state index contributed by atoms with van der Waals surface area (Å²) in [5, 5.41) is 3.73. The third-order valence-corrected chi connectivity index (χ3v) is 3.41. The summed E-state index contributed by atoms with van der Waals surface area (Å²) in [5.74, 6) is 1.90. The van der Waals surface area contributed by atoms with Gasteiger partial charge in [-0.2, -0.15) is 4.98 Å². The van der Waals surface area contributed by atoms with Crippen LogP contribution in [0.5, 0.6) is 5.75 Å². The normalized spacial score (nSPS) is 18.1. The molecule has 2 N–H and O–H groups in total. The van der Waals surface area contributed by atoms with E-state index in [1.807, 2.05) is 12.1 Å². The minimum Gasteiger partial charge on any atom is -0.484 e. The van der Waals surface area contributed by atoms with Gasteiger partial charge in [0, 0.05) is 6.04 Å². The second kappa shape index (κ2) is 5.01. The molecule has 1 atom stereocenters. The molecule has 1 aliphatic carbocycles. The molecule has 0 saturated heterocycles. The molecule has 1 aliphatic rings. The molecule has 0 aliphatic heterocycles. The van der Waals surface area contributed by atoms with Crippen molar-refractivity contribution in [2.75, 3.05) is 0 Å². The van der Waals surface area contributed by atoms with E-state index in [1.54, 1.807) is 6.92 Å². The quantitative estimate of drug-likeness (QED) is 0.915. The van der Waals surface area contributed by atoms with Crippen LogP contribution in [-0.2, 0) is 13.0 Å². The Labute approximate surface area is 111 Å². The lowest BCUT2D eigenvalue weighted by atomic mass is 9.88. The van der Waals surface area contributed by atoms with E-state index in [0.717, 1.165) is 25.0 Å². The monoisotopic (exact) mass is 259 g/mol. The number of aromatic nitrogens is 2. The van der Waals surface area contributed by atoms with E-state index in [4.69, 9.17) is 15.0 Å². The van der Waals surface area contributed by atoms with E-state index in [1.165, 1.54) is 11.1 Å². The Bertz CT molecular complexity index is 580. The number of hydrogen-bond acceptors (Lipinski definition) is 5. The zero-order valence-electron chi connectivity index (χ0n) is 10.9. The highest BCUT2D eigenvalue weighted by Crippen LogP contribution is 2.31. The minimum atomic E-state index is 0.123. The van der Waals surface area contributed by atoms with Crippen LogP contribution in [0, 0.1) is 6.92 Å². The standard InChI is InChI=1S/C14H17N3O2/c1-9-16-14(19-17-9)8-18-11-6-5-10-3-2-4-13(15)12(10)7-11/h5-7,13H,2-4,8,15H2,1H3. The topological polar surface area (TPSA) is 74.2 Å². The molecule has 0 amide bonds. The fraction of sp³-hybridized carbons (Fsp3) is 0.429. The number of ether oxygens (including phenoxy) is 1. The van der Waals surface area contributed by atoms with E-state index in [9.17, 15) is 0 Å². The first-order valence-corrected chi connectivity index (χ1v) is 6.53. The third kappa shape index (κ3) is 2.61. The maximum atomic E-state index is 6.13. The summed E-state index contributed by atoms with van der Waals surface area (Å²) < 4.78 is 10.7. The van der Waals surface area contributed by atoms with Crippen molar-refractivity contribution in [3.8, 4) is 5.75 Å². The Morgan fingerprint density at radius 1 is 1.47 bits per heavy atom. The molecule has 0 spiro atoms. The molecule has 2 aromatic rings. The molecule has 1 heterocycles. The summed E-state index contributed by atoms with van der Waals surface area (Å²) in [5.41, 5.74) is 8.66. The van der Waals surface area contributed by atoms with Crippen molar-refractivity contribution < 1.29 is 9.26 Å². The number of rotatable bonds is 3. The van der Waals surface area contributed by atoms with Gasteiger partial charge in [0.2, 0.25) is 0 Å². The van der Waals surface area contributed by atoms with E-state index < -0.39 is 0 Å². The van der Waals surface area contributed by atoms with Gasteiger partial charge in [0.15, 0.2) is 12.4 Å². The van der Waals surface area contributed by atoms with Crippen molar-refractivity contribution in [2.45, 2.75) is 38.8 Å². The summed E-state index contributed by atoms with van der Waals surface area (Å²) in [4.78, 5) is 4.10. The van der Waals surface area contributed by atoms with Gasteiger partial charge >= 0.3 is 0 Å². The molecule has 1 aromatic carbocycles. The number of nitrogens with two attached hydrogens (primary N) is 1. The first kappa shape index (κ1) is 12.2. The minimum absolute atomic E-state index is 0.123. The van der Waals surface area contributed by atoms with Crippen LogP contribution in [0.2, 0.25) is 0 Å². The Hall–Kier alpha value is -1.88. The van der Waals surface area contributed by atoms with Gasteiger partial charge in [-0.3, -0.25) is 0 Å². The largest absolute Gasteiger partial charge is 0.484 e. The Balaban J connectivity index is 1.73. The maximum absolute atomic E-state index is 6.13. The summed E-state index contributed by atoms with van der Waals surface area (Å²) in [6.07, 6.45) is 3.31. The van der Waals surface area contributed by atoms with Gasteiger partial charge in [-0.15, -0.1) is 0 Å². The van der Waals surface area contributed by atoms with Crippen LogP contribution in [0.4, 0.5) is 0 Å². The van der Waals surface area contributed by atoms with Gasteiger partial charge in [0.25, 0.3) is 5.89 Å². The second-order valence-corrected chi connectivity index (χ2v) is 4.88. The first-order valence-electron chi connectivity index (χ1n) is 6.53. The Kier molecular flexibility index (Phi) is 3.21. The number of hydrogen-bond donors (Lipinski definition) is 1. The van der Waals surface area contributed by atoms with Crippen molar-refractivity contribution in [2.24, 2.45) is 5.73 Å². The van der Waals surface area contributed by atoms with Crippen molar-refractivity contribution >= 4 is 0 Å². The van der Waals surface area contributed by atoms with E-state index >= 15 is 0 Å². The molecule has 19 heavy (non-hydrogen) atoms. The molecule has 0 saturated carbocycles. The second-order valence-electron chi connectivity index (χ2n) is 4.88. The average molecular weight is 259 g/mol. The molecular formula is C14H17N3O2. The molecule has 5 heteroatoms. The summed E-state index contributed by atoms with van der Waals surface area (Å²) >= 11 is 0. The first-order chi connectivity index (χ1) is 9.22. The fourth-order valence-corrected chi connectivity index (χ4v) is 2.45. The molecule has 0 fully saturated rings. The molecule has 0 radical (unpaired) electrons. The number of fused-ring (bicyclic) bond motifs is 1. The summed E-state index contributed by atoms with van der Waals surface area (Å²) in [6, 6.07) is 6.23. The van der Waals surface area contributed by atoms with E-state index in [0.29, 0.717) is 11.7 Å². The summed E-state index contributed by atoms with van der Waals surface area (Å²) in [7, 11) is 0. The predicted molar refractivity (Wildman–Crippen MR) is 69.7 cm³/mol. The van der Waals surface area contributed by atoms with Gasteiger partial charge in [0.1, 0.15) is 5.75 Å². The zero-order valence-corrected chi connectivity index (χ0v) is 10.9. The van der Waals surface area contributed by atoms with Crippen LogP contribution in [0.15, 0.2) is 22.7 Å². The SMILES string of the molecule is Cc1noc(COc2ccc3c(c2)C(N)CCC3)n1. The number of nitrogens with zero attached hydrogens (tertiary/aromatic N) is 2. The van der Waals surface area contributed by atoms with Crippen LogP contribution in [0.3, 0.4) is 0 Å². The Morgan fingerprint density at radius 3 is 3.16 bits per heavy atom. The molecule has 100 valence electrons. The maximum Gasteiger partial charge on any atom is 0.264 e. The van der Waals surface area contributed by atoms with Crippen molar-refractivity contribution in [1.82, 2.24) is 10.1 Å². The van der Waals surface area contributed by atoms with Gasteiger partial charge in [-0.05, 0) is 49.4 Å². The Morgan fingerprint density at radius 2 is 2.37 bits per heavy atom. The smallest absolute Gasteiger partial charge is 0.264 e. The zero-order chi connectivity index (χ0) is 13.2. The highest BCUT2D eigenvalue weighted by Gasteiger charge is 2.17. The summed E-state index contributed by atoms with van der Waals surface area (Å²) in [6.45, 7) is 2.07. The highest BCUT2D eigenvalue weighted by molar-refractivity contribution is 5.39. The lowest BCUT2D eigenvalue weighted by molar-refractivity contribution is 0.242. The molecular weight excluding hydrogens is 242 g/mol. The number of benzene rings is 1. The fourth-order valence-electron chi connectivity index (χ4n) is 2.45. The molecule has 0 bridgehead atoms. The van der Waals surface area contributed by atoms with Crippen LogP contribution in [0.1, 0.15) is 41.7 Å². The number of aryl methyl sites for hydroxylation is 2. The molecule has 1 aromatic heterocycles. The van der Waals surface area contributed by atoms with Crippen molar-refractivity contribution in [3.05, 3.63) is 41.0 Å². The molecule has 5 nitrogen and oxygen atoms in total. The molecule has 1 unspecified atom stereocenters. The third-order valence-electron chi connectivity index (χ3n) is 3.41. The van der Waals surface area contributed by atoms with Crippen molar-refractivity contribution in [3.63, 3.8) is 0 Å². The van der Waals surface area contributed by atoms with Crippen LogP contribution < -0.4 is 10.5 Å². The van der Waals surface area contributed by atoms with Gasteiger partial charge < -0.3 is 15.0 Å². The van der Waals surface area contributed by atoms with E-state index in [2.05, 4.69) is 16.2 Å². The van der Waals surface area contributed by atoms with Gasteiger partial charge in [-0.1, -0.05) is 11.2 Å². The average Bonchev–Trinajstić information content (AvgIpc) is 2.83. The van der Waals surface area contributed by atoms with Crippen LogP contribution >= 0.6 is 0 Å². The van der Waals surface area contributed by atoms with Crippen molar-refractivity contribution in [1.29, 1.82) is 0 Å². The lowest BCUT2D eigenvalue weighted by Gasteiger charge is -2.22. The lowest BCUT2D eigenvalue weighted by Crippen LogP contribution is -2.17. The van der Waals surface area contributed by atoms with Crippen LogP contribution in [-0.4, -0.2) is 10.1 Å². The predicted octanol–water partition coefficient (Wildman–Crippen LogP) is 2.29. The molecule has 3 rings (SSSR count). The van der Waals surface area contributed by atoms with Gasteiger partial charge in [-0.25, -0.2) is 0 Å². The van der Waals surface area contributed by atoms with Gasteiger partial charge in [0.05, 0.1) is 0 Å². The van der Waals surface area contributed by atoms with Crippen LogP contribution in [0.25, 0.3) is 0 Å². The van der Waals surface area contributed by atoms with E-state index in [-0.39, 0.29) is 12.6 Å². The highest BCUT2D eigenvalue weighted by atomic mass is 16.5.